The van der Waals surface area contributed by atoms with Crippen LogP contribution in [0.15, 0.2) is 69.2 Å². The number of benzene rings is 2. The zero-order valence-electron chi connectivity index (χ0n) is 20.2. The molecule has 1 N–H and O–H groups in total. The fourth-order valence-electron chi connectivity index (χ4n) is 4.55. The van der Waals surface area contributed by atoms with Gasteiger partial charge in [-0.2, -0.15) is 0 Å². The van der Waals surface area contributed by atoms with Crippen molar-refractivity contribution in [2.75, 3.05) is 6.79 Å². The van der Waals surface area contributed by atoms with Gasteiger partial charge in [0.1, 0.15) is 29.2 Å². The van der Waals surface area contributed by atoms with Crippen molar-refractivity contribution in [3.05, 3.63) is 83.1 Å². The quantitative estimate of drug-likeness (QED) is 0.485. The van der Waals surface area contributed by atoms with Crippen molar-refractivity contribution in [3.63, 3.8) is 0 Å². The summed E-state index contributed by atoms with van der Waals surface area (Å²) >= 11 is 1.31. The maximum Gasteiger partial charge on any atom is 0.259 e. The predicted molar refractivity (Wildman–Crippen MR) is 138 cm³/mol. The van der Waals surface area contributed by atoms with Gasteiger partial charge in [-0.25, -0.2) is 14.3 Å². The van der Waals surface area contributed by atoms with Crippen molar-refractivity contribution >= 4 is 40.3 Å². The number of ether oxygens (including phenoxy) is 2. The highest BCUT2D eigenvalue weighted by molar-refractivity contribution is 8.13. The van der Waals surface area contributed by atoms with Crippen molar-refractivity contribution in [3.8, 4) is 5.75 Å². The largest absolute Gasteiger partial charge is 0.467 e. The number of hydrogen-bond donors (Lipinski definition) is 1. The summed E-state index contributed by atoms with van der Waals surface area (Å²) in [5.74, 6) is 1.28. The second-order valence-electron chi connectivity index (χ2n) is 8.90. The van der Waals surface area contributed by atoms with Crippen LogP contribution in [0.1, 0.15) is 35.3 Å². The molecule has 11 heteroatoms. The van der Waals surface area contributed by atoms with Crippen molar-refractivity contribution in [1.29, 1.82) is 0 Å². The van der Waals surface area contributed by atoms with Crippen LogP contribution in [0.5, 0.6) is 5.75 Å². The van der Waals surface area contributed by atoms with Crippen LogP contribution in [0.25, 0.3) is 0 Å². The lowest BCUT2D eigenvalue weighted by Crippen LogP contribution is -2.41. The van der Waals surface area contributed by atoms with Crippen molar-refractivity contribution in [2.24, 2.45) is 9.98 Å². The molecular formula is C27H23FN4O5S. The Bertz CT molecular complexity index is 1460. The number of furan rings is 1. The molecule has 0 unspecified atom stereocenters. The Morgan fingerprint density at radius 3 is 2.97 bits per heavy atom. The van der Waals surface area contributed by atoms with Gasteiger partial charge in [-0.15, -0.1) is 0 Å². The summed E-state index contributed by atoms with van der Waals surface area (Å²) in [7, 11) is 0. The van der Waals surface area contributed by atoms with Crippen LogP contribution in [0, 0.1) is 5.82 Å². The van der Waals surface area contributed by atoms with Gasteiger partial charge in [0.05, 0.1) is 25.1 Å². The van der Waals surface area contributed by atoms with E-state index in [0.29, 0.717) is 45.1 Å². The summed E-state index contributed by atoms with van der Waals surface area (Å²) in [6.07, 6.45) is 1.94. The van der Waals surface area contributed by atoms with E-state index < -0.39 is 6.04 Å². The van der Waals surface area contributed by atoms with Gasteiger partial charge in [-0.1, -0.05) is 23.9 Å². The van der Waals surface area contributed by atoms with Crippen LogP contribution >= 0.6 is 11.8 Å². The molecule has 3 aromatic rings. The number of nitrogens with zero attached hydrogens (tertiary/aromatic N) is 3. The standard InChI is InChI=1S/C27H23FN4O5S/c28-18-10-16-13-35-15-37-24(16)17(11-18)14-38-27-31-21-6-2-1-5-20(21)25-30-22(26(34)32(25)27)7-8-23(33)29-12-19-4-3-9-36-19/h1-6,9-11,22H,7-8,12-15H2,(H,29,33)/t22-/m1/s1. The summed E-state index contributed by atoms with van der Waals surface area (Å²) in [6, 6.07) is 13.1. The molecule has 0 saturated carbocycles. The summed E-state index contributed by atoms with van der Waals surface area (Å²) < 4.78 is 30.4. The van der Waals surface area contributed by atoms with E-state index in [4.69, 9.17) is 23.9 Å². The van der Waals surface area contributed by atoms with E-state index >= 15 is 0 Å². The number of aliphatic imine (C=N–C) groups is 2. The normalized spacial score (nSPS) is 17.7. The number of amides is 2. The van der Waals surface area contributed by atoms with E-state index in [1.165, 1.54) is 28.8 Å². The van der Waals surface area contributed by atoms with E-state index in [9.17, 15) is 14.0 Å². The molecule has 2 amide bonds. The zero-order valence-corrected chi connectivity index (χ0v) is 21.0. The Morgan fingerprint density at radius 2 is 2.11 bits per heavy atom. The van der Waals surface area contributed by atoms with Crippen molar-refractivity contribution in [2.45, 2.75) is 37.8 Å². The van der Waals surface area contributed by atoms with E-state index in [1.807, 2.05) is 24.3 Å². The molecule has 6 rings (SSSR count). The molecule has 4 heterocycles. The summed E-state index contributed by atoms with van der Waals surface area (Å²) in [5.41, 5.74) is 2.75. The lowest BCUT2D eigenvalue weighted by atomic mass is 10.1. The minimum atomic E-state index is -0.710. The Labute approximate surface area is 221 Å². The number of carbonyl (C=O) groups is 2. The Balaban J connectivity index is 1.19. The number of carbonyl (C=O) groups excluding carboxylic acids is 2. The first-order chi connectivity index (χ1) is 18.6. The van der Waals surface area contributed by atoms with Gasteiger partial charge >= 0.3 is 0 Å². The first-order valence-corrected chi connectivity index (χ1v) is 13.1. The average Bonchev–Trinajstić information content (AvgIpc) is 3.57. The van der Waals surface area contributed by atoms with Crippen LogP contribution in [0.3, 0.4) is 0 Å². The lowest BCUT2D eigenvalue weighted by molar-refractivity contribution is -0.125. The molecule has 0 spiro atoms. The number of halogens is 1. The minimum absolute atomic E-state index is 0.100. The number of fused-ring (bicyclic) bond motifs is 4. The third kappa shape index (κ3) is 4.82. The summed E-state index contributed by atoms with van der Waals surface area (Å²) in [6.45, 7) is 0.658. The number of nitrogens with one attached hydrogen (secondary N) is 1. The van der Waals surface area contributed by atoms with E-state index in [1.54, 1.807) is 18.4 Å². The van der Waals surface area contributed by atoms with Gasteiger partial charge in [0.15, 0.2) is 12.0 Å². The van der Waals surface area contributed by atoms with Crippen LogP contribution in [-0.4, -0.2) is 40.6 Å². The van der Waals surface area contributed by atoms with E-state index in [0.717, 1.165) is 5.56 Å². The van der Waals surface area contributed by atoms with Crippen LogP contribution in [0.2, 0.25) is 0 Å². The van der Waals surface area contributed by atoms with Gasteiger partial charge < -0.3 is 19.2 Å². The number of thioether (sulfide) groups is 1. The smallest absolute Gasteiger partial charge is 0.259 e. The third-order valence-electron chi connectivity index (χ3n) is 6.34. The first kappa shape index (κ1) is 24.4. The van der Waals surface area contributed by atoms with Crippen LogP contribution < -0.4 is 10.1 Å². The molecule has 1 atom stereocenters. The second-order valence-corrected chi connectivity index (χ2v) is 9.84. The molecule has 3 aliphatic rings. The second kappa shape index (κ2) is 10.4. The highest BCUT2D eigenvalue weighted by Gasteiger charge is 2.41. The summed E-state index contributed by atoms with van der Waals surface area (Å²) in [5, 5.41) is 3.24. The molecule has 0 aliphatic carbocycles. The van der Waals surface area contributed by atoms with Crippen LogP contribution in [0.4, 0.5) is 10.1 Å². The van der Waals surface area contributed by atoms with Crippen LogP contribution in [-0.2, 0) is 33.2 Å². The fraction of sp³-hybridized carbons (Fsp3) is 0.259. The maximum atomic E-state index is 14.3. The molecule has 0 radical (unpaired) electrons. The molecular weight excluding hydrogens is 511 g/mol. The third-order valence-corrected chi connectivity index (χ3v) is 7.33. The van der Waals surface area contributed by atoms with Gasteiger partial charge in [0.2, 0.25) is 5.91 Å². The Morgan fingerprint density at radius 1 is 1.21 bits per heavy atom. The number of para-hydroxylation sites is 1. The number of hydrogen-bond acceptors (Lipinski definition) is 8. The van der Waals surface area contributed by atoms with Gasteiger partial charge in [0, 0.05) is 28.9 Å². The molecule has 9 nitrogen and oxygen atoms in total. The van der Waals surface area contributed by atoms with Crippen molar-refractivity contribution in [1.82, 2.24) is 10.2 Å². The molecule has 2 aromatic carbocycles. The predicted octanol–water partition coefficient (Wildman–Crippen LogP) is 4.27. The number of amidine groups is 2. The van der Waals surface area contributed by atoms with Gasteiger partial charge in [-0.3, -0.25) is 14.6 Å². The minimum Gasteiger partial charge on any atom is -0.467 e. The number of rotatable bonds is 7. The van der Waals surface area contributed by atoms with E-state index in [2.05, 4.69) is 5.32 Å². The van der Waals surface area contributed by atoms with Gasteiger partial charge in [-0.05, 0) is 42.8 Å². The molecule has 38 heavy (non-hydrogen) atoms. The Hall–Kier alpha value is -3.96. The average molecular weight is 535 g/mol. The molecule has 3 aliphatic heterocycles. The SMILES string of the molecule is O=C(CC[C@H]1N=C2c3ccccc3N=C(SCc3cc(F)cc4c3OCOC4)N2C1=O)NCc1ccco1. The monoisotopic (exact) mass is 534 g/mol. The highest BCUT2D eigenvalue weighted by atomic mass is 32.2. The topological polar surface area (TPSA) is 106 Å². The molecule has 0 saturated heterocycles. The van der Waals surface area contributed by atoms with E-state index in [-0.39, 0.29) is 50.4 Å². The molecule has 0 bridgehead atoms. The lowest BCUT2D eigenvalue weighted by Gasteiger charge is -2.26. The molecule has 0 fully saturated rings. The zero-order chi connectivity index (χ0) is 26.1. The fourth-order valence-corrected chi connectivity index (χ4v) is 5.52. The van der Waals surface area contributed by atoms with Crippen molar-refractivity contribution < 1.29 is 27.9 Å². The first-order valence-electron chi connectivity index (χ1n) is 12.1. The molecule has 1 aromatic heterocycles. The molecule has 194 valence electrons. The maximum absolute atomic E-state index is 14.3. The summed E-state index contributed by atoms with van der Waals surface area (Å²) in [4.78, 5) is 36.8. The Kier molecular flexibility index (Phi) is 6.69. The highest BCUT2D eigenvalue weighted by Crippen LogP contribution is 2.37. The van der Waals surface area contributed by atoms with Gasteiger partial charge in [0.25, 0.3) is 5.91 Å².